The summed E-state index contributed by atoms with van der Waals surface area (Å²) in [5.41, 5.74) is 1.78. The van der Waals surface area contributed by atoms with Crippen LogP contribution in [0, 0.1) is 5.92 Å². The molecule has 8 nitrogen and oxygen atoms in total. The van der Waals surface area contributed by atoms with Crippen molar-refractivity contribution < 1.29 is 22.7 Å². The van der Waals surface area contributed by atoms with Gasteiger partial charge in [0.2, 0.25) is 15.9 Å². The largest absolute Gasteiger partial charge is 0.497 e. The van der Waals surface area contributed by atoms with E-state index in [9.17, 15) is 18.0 Å². The Morgan fingerprint density at radius 3 is 2.19 bits per heavy atom. The molecule has 0 aliphatic carbocycles. The van der Waals surface area contributed by atoms with Gasteiger partial charge in [-0.25, -0.2) is 8.42 Å². The third-order valence-corrected chi connectivity index (χ3v) is 8.51. The van der Waals surface area contributed by atoms with E-state index in [1.54, 1.807) is 36.4 Å². The fraction of sp³-hybridized carbons (Fsp3) is 0.286. The van der Waals surface area contributed by atoms with E-state index in [4.69, 9.17) is 4.74 Å². The minimum absolute atomic E-state index is 0.195. The van der Waals surface area contributed by atoms with Gasteiger partial charge in [-0.1, -0.05) is 42.5 Å². The summed E-state index contributed by atoms with van der Waals surface area (Å²) in [4.78, 5) is 26.2. The molecule has 9 heteroatoms. The van der Waals surface area contributed by atoms with Gasteiger partial charge >= 0.3 is 0 Å². The molecule has 4 rings (SSSR count). The highest BCUT2D eigenvalue weighted by Crippen LogP contribution is 2.27. The number of sulfonamides is 1. The van der Waals surface area contributed by atoms with Gasteiger partial charge in [-0.2, -0.15) is 4.31 Å². The molecule has 2 amide bonds. The number of hydrogen-bond acceptors (Lipinski definition) is 5. The third-order valence-electron chi connectivity index (χ3n) is 6.60. The van der Waals surface area contributed by atoms with Gasteiger partial charge < -0.3 is 15.4 Å². The number of benzene rings is 3. The molecule has 0 radical (unpaired) electrons. The van der Waals surface area contributed by atoms with Crippen molar-refractivity contribution in [2.24, 2.45) is 5.92 Å². The van der Waals surface area contributed by atoms with Crippen LogP contribution in [0.4, 0.5) is 5.69 Å². The number of para-hydroxylation sites is 1. The Morgan fingerprint density at radius 1 is 0.919 bits per heavy atom. The predicted molar refractivity (Wildman–Crippen MR) is 142 cm³/mol. The average Bonchev–Trinajstić information content (AvgIpc) is 2.93. The van der Waals surface area contributed by atoms with Gasteiger partial charge in [-0.3, -0.25) is 9.59 Å². The first-order valence-electron chi connectivity index (χ1n) is 12.2. The molecule has 3 aromatic carbocycles. The van der Waals surface area contributed by atoms with E-state index >= 15 is 0 Å². The third kappa shape index (κ3) is 6.18. The number of nitrogens with one attached hydrogen (secondary N) is 2. The van der Waals surface area contributed by atoms with Crippen LogP contribution >= 0.6 is 0 Å². The van der Waals surface area contributed by atoms with Crippen LogP contribution in [0.1, 0.15) is 41.7 Å². The molecule has 0 spiro atoms. The maximum absolute atomic E-state index is 13.1. The van der Waals surface area contributed by atoms with Gasteiger partial charge in [0.25, 0.3) is 5.91 Å². The first kappa shape index (κ1) is 26.4. The normalized spacial score (nSPS) is 15.5. The lowest BCUT2D eigenvalue weighted by Gasteiger charge is -2.30. The number of carbonyl (C=O) groups is 2. The smallest absolute Gasteiger partial charge is 0.253 e. The van der Waals surface area contributed by atoms with Crippen LogP contribution in [0.5, 0.6) is 5.75 Å². The highest BCUT2D eigenvalue weighted by atomic mass is 32.2. The standard InChI is InChI=1S/C28H31N3O5S/c1-20(21-8-4-3-5-9-21)29-28(33)25-10-6-7-11-26(25)30-27(32)22-16-18-31(19-17-22)37(34,35)24-14-12-23(36-2)13-15-24/h3-15,20,22H,16-19H2,1-2H3,(H,29,33)(H,30,32)/t20-/m0/s1. The molecular formula is C28H31N3O5S. The first-order valence-corrected chi connectivity index (χ1v) is 13.6. The summed E-state index contributed by atoms with van der Waals surface area (Å²) < 4.78 is 32.5. The summed E-state index contributed by atoms with van der Waals surface area (Å²) in [5, 5.41) is 5.87. The second-order valence-electron chi connectivity index (χ2n) is 8.99. The quantitative estimate of drug-likeness (QED) is 0.462. The lowest BCUT2D eigenvalue weighted by atomic mass is 9.97. The van der Waals surface area contributed by atoms with Crippen LogP contribution in [0.25, 0.3) is 0 Å². The number of carbonyl (C=O) groups excluding carboxylic acids is 2. The molecule has 1 fully saturated rings. The van der Waals surface area contributed by atoms with Crippen LogP contribution < -0.4 is 15.4 Å². The molecule has 2 N–H and O–H groups in total. The number of piperidine rings is 1. The highest BCUT2D eigenvalue weighted by molar-refractivity contribution is 7.89. The summed E-state index contributed by atoms with van der Waals surface area (Å²) in [6, 6.07) is 22.6. The lowest BCUT2D eigenvalue weighted by molar-refractivity contribution is -0.120. The minimum atomic E-state index is -3.65. The van der Waals surface area contributed by atoms with E-state index in [2.05, 4.69) is 10.6 Å². The number of nitrogens with zero attached hydrogens (tertiary/aromatic N) is 1. The summed E-state index contributed by atoms with van der Waals surface area (Å²) >= 11 is 0. The summed E-state index contributed by atoms with van der Waals surface area (Å²) in [5.74, 6) is -0.287. The van der Waals surface area contributed by atoms with Crippen molar-refractivity contribution in [2.75, 3.05) is 25.5 Å². The van der Waals surface area contributed by atoms with Gasteiger partial charge in [0, 0.05) is 19.0 Å². The molecule has 194 valence electrons. The number of amides is 2. The van der Waals surface area contributed by atoms with E-state index in [0.717, 1.165) is 5.56 Å². The average molecular weight is 522 g/mol. The van der Waals surface area contributed by atoms with Crippen molar-refractivity contribution in [3.05, 3.63) is 90.0 Å². The second-order valence-corrected chi connectivity index (χ2v) is 10.9. The van der Waals surface area contributed by atoms with E-state index in [1.165, 1.54) is 23.5 Å². The van der Waals surface area contributed by atoms with Gasteiger partial charge in [0.05, 0.1) is 29.3 Å². The molecule has 0 saturated carbocycles. The van der Waals surface area contributed by atoms with Gasteiger partial charge in [-0.05, 0) is 61.7 Å². The van der Waals surface area contributed by atoms with Crippen molar-refractivity contribution in [3.63, 3.8) is 0 Å². The van der Waals surface area contributed by atoms with Crippen LogP contribution in [0.2, 0.25) is 0 Å². The van der Waals surface area contributed by atoms with Crippen molar-refractivity contribution in [1.82, 2.24) is 9.62 Å². The minimum Gasteiger partial charge on any atom is -0.497 e. The maximum atomic E-state index is 13.1. The molecule has 0 bridgehead atoms. The second kappa shape index (κ2) is 11.6. The fourth-order valence-electron chi connectivity index (χ4n) is 4.38. The number of ether oxygens (including phenoxy) is 1. The Hall–Kier alpha value is -3.69. The summed E-state index contributed by atoms with van der Waals surface area (Å²) in [6.45, 7) is 2.38. The summed E-state index contributed by atoms with van der Waals surface area (Å²) in [6.07, 6.45) is 0.779. The lowest BCUT2D eigenvalue weighted by Crippen LogP contribution is -2.41. The zero-order chi connectivity index (χ0) is 26.4. The molecule has 0 unspecified atom stereocenters. The van der Waals surface area contributed by atoms with Gasteiger partial charge in [-0.15, -0.1) is 0 Å². The van der Waals surface area contributed by atoms with Crippen LogP contribution in [0.15, 0.2) is 83.8 Å². The Bertz CT molecular complexity index is 1340. The summed E-state index contributed by atoms with van der Waals surface area (Å²) in [7, 11) is -2.13. The van der Waals surface area contributed by atoms with Gasteiger partial charge in [0.15, 0.2) is 0 Å². The Balaban J connectivity index is 1.37. The first-order chi connectivity index (χ1) is 17.8. The predicted octanol–water partition coefficient (Wildman–Crippen LogP) is 4.23. The highest BCUT2D eigenvalue weighted by Gasteiger charge is 2.32. The van der Waals surface area contributed by atoms with Crippen molar-refractivity contribution in [3.8, 4) is 5.75 Å². The van der Waals surface area contributed by atoms with Crippen LogP contribution in [-0.2, 0) is 14.8 Å². The van der Waals surface area contributed by atoms with Crippen molar-refractivity contribution in [2.45, 2.75) is 30.7 Å². The number of hydrogen-bond donors (Lipinski definition) is 2. The zero-order valence-electron chi connectivity index (χ0n) is 20.9. The molecule has 3 aromatic rings. The van der Waals surface area contributed by atoms with Crippen LogP contribution in [0.3, 0.4) is 0 Å². The van der Waals surface area contributed by atoms with E-state index in [-0.39, 0.29) is 41.8 Å². The molecule has 1 aliphatic heterocycles. The van der Waals surface area contributed by atoms with Crippen molar-refractivity contribution in [1.29, 1.82) is 0 Å². The van der Waals surface area contributed by atoms with Crippen molar-refractivity contribution >= 4 is 27.5 Å². The number of rotatable bonds is 8. The Labute approximate surface area is 217 Å². The fourth-order valence-corrected chi connectivity index (χ4v) is 5.85. The van der Waals surface area contributed by atoms with Crippen LogP contribution in [-0.4, -0.2) is 44.7 Å². The molecule has 1 saturated heterocycles. The molecule has 37 heavy (non-hydrogen) atoms. The topological polar surface area (TPSA) is 105 Å². The zero-order valence-corrected chi connectivity index (χ0v) is 21.7. The SMILES string of the molecule is COc1ccc(S(=O)(=O)N2CCC(C(=O)Nc3ccccc3C(=O)N[C@@H](C)c3ccccc3)CC2)cc1. The molecule has 0 aromatic heterocycles. The Kier molecular flexibility index (Phi) is 8.25. The van der Waals surface area contributed by atoms with E-state index in [0.29, 0.717) is 29.8 Å². The number of methoxy groups -OCH3 is 1. The molecule has 1 heterocycles. The maximum Gasteiger partial charge on any atom is 0.253 e. The molecule has 1 atom stereocenters. The van der Waals surface area contributed by atoms with E-state index < -0.39 is 10.0 Å². The monoisotopic (exact) mass is 521 g/mol. The number of anilines is 1. The molecule has 1 aliphatic rings. The Morgan fingerprint density at radius 2 is 1.54 bits per heavy atom. The molecular weight excluding hydrogens is 490 g/mol. The van der Waals surface area contributed by atoms with E-state index in [1.807, 2.05) is 37.3 Å². The van der Waals surface area contributed by atoms with Gasteiger partial charge in [0.1, 0.15) is 5.75 Å².